The first-order valence-corrected chi connectivity index (χ1v) is 9.99. The number of hydrogen-bond acceptors (Lipinski definition) is 6. The first kappa shape index (κ1) is 20.5. The van der Waals surface area contributed by atoms with Gasteiger partial charge in [-0.3, -0.25) is 14.5 Å². The Balaban J connectivity index is 1.66. The third-order valence-electron chi connectivity index (χ3n) is 5.25. The Bertz CT molecular complexity index is 1240. The predicted molar refractivity (Wildman–Crippen MR) is 113 cm³/mol. The molecule has 0 fully saturated rings. The smallest absolute Gasteiger partial charge is 0.336 e. The molecule has 0 radical (unpaired) electrons. The Hall–Kier alpha value is -3.74. The summed E-state index contributed by atoms with van der Waals surface area (Å²) < 4.78 is 10.7. The minimum atomic E-state index is -1.08. The van der Waals surface area contributed by atoms with E-state index < -0.39 is 29.5 Å². The van der Waals surface area contributed by atoms with Gasteiger partial charge in [-0.15, -0.1) is 0 Å². The van der Waals surface area contributed by atoms with Gasteiger partial charge in [-0.2, -0.15) is 0 Å². The average Bonchev–Trinajstić information content (AvgIpc) is 2.96. The molecule has 1 aliphatic rings. The van der Waals surface area contributed by atoms with Crippen LogP contribution in [0.2, 0.25) is 0 Å². The largest absolute Gasteiger partial charge is 0.425 e. The molecule has 0 N–H and O–H groups in total. The number of carbonyl (C=O) groups is 3. The molecule has 0 spiro atoms. The standard InChI is InChI=1S/C24H21NO6/c1-13(2)10-19(25-22(27)17-6-4-5-7-18(17)23(25)28)24(29)30-15-8-9-16-14(3)11-21(26)31-20(16)12-15/h4-9,11-13,19H,10H2,1-3H3/t19-/m0/s1. The van der Waals surface area contributed by atoms with Crippen LogP contribution in [0.4, 0.5) is 0 Å². The molecule has 4 rings (SSSR count). The van der Waals surface area contributed by atoms with Gasteiger partial charge in [-0.05, 0) is 49.1 Å². The van der Waals surface area contributed by atoms with Crippen LogP contribution in [-0.4, -0.2) is 28.7 Å². The lowest BCUT2D eigenvalue weighted by molar-refractivity contribution is -0.139. The summed E-state index contributed by atoms with van der Waals surface area (Å²) >= 11 is 0. The van der Waals surface area contributed by atoms with Crippen LogP contribution in [0.1, 0.15) is 46.5 Å². The minimum Gasteiger partial charge on any atom is -0.425 e. The second-order valence-corrected chi connectivity index (χ2v) is 8.00. The van der Waals surface area contributed by atoms with Crippen molar-refractivity contribution < 1.29 is 23.5 Å². The second kappa shape index (κ2) is 7.83. The van der Waals surface area contributed by atoms with E-state index in [2.05, 4.69) is 0 Å². The monoisotopic (exact) mass is 419 g/mol. The number of aryl methyl sites for hydroxylation is 1. The van der Waals surface area contributed by atoms with Crippen LogP contribution < -0.4 is 10.4 Å². The molecule has 1 atom stereocenters. The van der Waals surface area contributed by atoms with Gasteiger partial charge in [0.2, 0.25) is 0 Å². The number of fused-ring (bicyclic) bond motifs is 2. The number of imide groups is 1. The highest BCUT2D eigenvalue weighted by atomic mass is 16.5. The van der Waals surface area contributed by atoms with Gasteiger partial charge in [0.05, 0.1) is 11.1 Å². The van der Waals surface area contributed by atoms with E-state index in [-0.39, 0.29) is 34.8 Å². The van der Waals surface area contributed by atoms with E-state index in [1.807, 2.05) is 13.8 Å². The summed E-state index contributed by atoms with van der Waals surface area (Å²) in [4.78, 5) is 51.5. The maximum Gasteiger partial charge on any atom is 0.336 e. The number of esters is 1. The molecule has 0 saturated heterocycles. The summed E-state index contributed by atoms with van der Waals surface area (Å²) in [5, 5.41) is 0.721. The van der Waals surface area contributed by atoms with Crippen molar-refractivity contribution >= 4 is 28.8 Å². The fourth-order valence-corrected chi connectivity index (χ4v) is 3.80. The van der Waals surface area contributed by atoms with E-state index in [0.29, 0.717) is 0 Å². The van der Waals surface area contributed by atoms with E-state index >= 15 is 0 Å². The zero-order chi connectivity index (χ0) is 22.3. The third kappa shape index (κ3) is 3.74. The van der Waals surface area contributed by atoms with Crippen molar-refractivity contribution in [2.24, 2.45) is 5.92 Å². The highest BCUT2D eigenvalue weighted by Gasteiger charge is 2.43. The summed E-state index contributed by atoms with van der Waals surface area (Å²) in [7, 11) is 0. The lowest BCUT2D eigenvalue weighted by Gasteiger charge is -2.25. The quantitative estimate of drug-likeness (QED) is 0.271. The number of carbonyl (C=O) groups excluding carboxylic acids is 3. The van der Waals surface area contributed by atoms with Crippen LogP contribution in [0.5, 0.6) is 5.75 Å². The van der Waals surface area contributed by atoms with Gasteiger partial charge in [-0.1, -0.05) is 26.0 Å². The number of rotatable bonds is 5. The number of benzene rings is 2. The number of amides is 2. The molecule has 7 heteroatoms. The Labute approximate surface area is 178 Å². The van der Waals surface area contributed by atoms with Gasteiger partial charge in [-0.25, -0.2) is 9.59 Å². The average molecular weight is 419 g/mol. The molecule has 2 amide bonds. The van der Waals surface area contributed by atoms with Gasteiger partial charge in [0.15, 0.2) is 0 Å². The van der Waals surface area contributed by atoms with Crippen LogP contribution in [0.15, 0.2) is 57.7 Å². The first-order valence-electron chi connectivity index (χ1n) is 9.99. The van der Waals surface area contributed by atoms with Gasteiger partial charge in [0, 0.05) is 17.5 Å². The van der Waals surface area contributed by atoms with E-state index in [1.165, 1.54) is 12.1 Å². The Kier molecular flexibility index (Phi) is 5.19. The van der Waals surface area contributed by atoms with E-state index in [1.54, 1.807) is 43.3 Å². The molecule has 158 valence electrons. The minimum absolute atomic E-state index is 0.0270. The maximum absolute atomic E-state index is 13.1. The molecule has 1 aliphatic heterocycles. The molecule has 0 unspecified atom stereocenters. The molecule has 0 aliphatic carbocycles. The summed E-state index contributed by atoms with van der Waals surface area (Å²) in [5.74, 6) is -1.56. The summed E-state index contributed by atoms with van der Waals surface area (Å²) in [6.07, 6.45) is 0.256. The van der Waals surface area contributed by atoms with Crippen LogP contribution >= 0.6 is 0 Å². The van der Waals surface area contributed by atoms with Crippen LogP contribution in [-0.2, 0) is 4.79 Å². The second-order valence-electron chi connectivity index (χ2n) is 8.00. The molecule has 0 bridgehead atoms. The van der Waals surface area contributed by atoms with E-state index in [4.69, 9.17) is 9.15 Å². The zero-order valence-electron chi connectivity index (χ0n) is 17.4. The molecule has 2 aromatic carbocycles. The van der Waals surface area contributed by atoms with Crippen molar-refractivity contribution in [3.63, 3.8) is 0 Å². The topological polar surface area (TPSA) is 93.9 Å². The van der Waals surface area contributed by atoms with Gasteiger partial charge >= 0.3 is 11.6 Å². The summed E-state index contributed by atoms with van der Waals surface area (Å²) in [6.45, 7) is 5.57. The Morgan fingerprint density at radius 3 is 2.26 bits per heavy atom. The number of nitrogens with zero attached hydrogens (tertiary/aromatic N) is 1. The van der Waals surface area contributed by atoms with Gasteiger partial charge < -0.3 is 9.15 Å². The fourth-order valence-electron chi connectivity index (χ4n) is 3.80. The van der Waals surface area contributed by atoms with Crippen molar-refractivity contribution in [2.45, 2.75) is 33.2 Å². The number of ether oxygens (including phenoxy) is 1. The highest BCUT2D eigenvalue weighted by molar-refractivity contribution is 6.22. The summed E-state index contributed by atoms with van der Waals surface area (Å²) in [5.41, 5.74) is 1.08. The third-order valence-corrected chi connectivity index (χ3v) is 5.25. The molecule has 0 saturated carbocycles. The van der Waals surface area contributed by atoms with E-state index in [0.717, 1.165) is 15.8 Å². The van der Waals surface area contributed by atoms with E-state index in [9.17, 15) is 19.2 Å². The summed E-state index contributed by atoms with van der Waals surface area (Å²) in [6, 6.07) is 11.5. The lowest BCUT2D eigenvalue weighted by atomic mass is 10.0. The Morgan fingerprint density at radius 2 is 1.65 bits per heavy atom. The van der Waals surface area contributed by atoms with Crippen LogP contribution in [0, 0.1) is 12.8 Å². The predicted octanol–water partition coefficient (Wildman–Crippen LogP) is 3.72. The normalized spacial score (nSPS) is 14.3. The molecular formula is C24H21NO6. The van der Waals surface area contributed by atoms with Crippen LogP contribution in [0.25, 0.3) is 11.0 Å². The van der Waals surface area contributed by atoms with Crippen molar-refractivity contribution in [3.05, 3.63) is 75.6 Å². The first-order chi connectivity index (χ1) is 14.8. The molecular weight excluding hydrogens is 398 g/mol. The lowest BCUT2D eigenvalue weighted by Crippen LogP contribution is -2.47. The molecule has 7 nitrogen and oxygen atoms in total. The van der Waals surface area contributed by atoms with Gasteiger partial charge in [0.25, 0.3) is 11.8 Å². The highest BCUT2D eigenvalue weighted by Crippen LogP contribution is 2.29. The van der Waals surface area contributed by atoms with Gasteiger partial charge in [0.1, 0.15) is 17.4 Å². The number of hydrogen-bond donors (Lipinski definition) is 0. The molecule has 31 heavy (non-hydrogen) atoms. The van der Waals surface area contributed by atoms with Crippen molar-refractivity contribution in [1.82, 2.24) is 4.90 Å². The van der Waals surface area contributed by atoms with Crippen molar-refractivity contribution in [2.75, 3.05) is 0 Å². The molecule has 1 aromatic heterocycles. The fraction of sp³-hybridized carbons (Fsp3) is 0.250. The zero-order valence-corrected chi connectivity index (χ0v) is 17.4. The SMILES string of the molecule is Cc1cc(=O)oc2cc(OC(=O)[C@H](CC(C)C)N3C(=O)c4ccccc4C3=O)ccc12. The van der Waals surface area contributed by atoms with Crippen LogP contribution in [0.3, 0.4) is 0 Å². The molecule has 2 heterocycles. The molecule has 3 aromatic rings. The van der Waals surface area contributed by atoms with Crippen molar-refractivity contribution in [1.29, 1.82) is 0 Å². The van der Waals surface area contributed by atoms with Crippen molar-refractivity contribution in [3.8, 4) is 5.75 Å². The Morgan fingerprint density at radius 1 is 1.00 bits per heavy atom. The maximum atomic E-state index is 13.1.